The van der Waals surface area contributed by atoms with Gasteiger partial charge in [-0.1, -0.05) is 0 Å². The molecule has 0 radical (unpaired) electrons. The van der Waals surface area contributed by atoms with Gasteiger partial charge >= 0.3 is 0 Å². The summed E-state index contributed by atoms with van der Waals surface area (Å²) in [4.78, 5) is 13.9. The zero-order chi connectivity index (χ0) is 11.8. The number of morpholine rings is 1. The van der Waals surface area contributed by atoms with Crippen LogP contribution < -0.4 is 10.3 Å². The molecule has 1 fully saturated rings. The van der Waals surface area contributed by atoms with Gasteiger partial charge in [0.15, 0.2) is 11.5 Å². The Morgan fingerprint density at radius 1 is 1.24 bits per heavy atom. The Balaban J connectivity index is 2.10. The molecule has 0 saturated carbocycles. The minimum absolute atomic E-state index is 0.138. The fourth-order valence-corrected chi connectivity index (χ4v) is 1.98. The maximum Gasteiger partial charge on any atom is 0.230 e. The van der Waals surface area contributed by atoms with Gasteiger partial charge in [-0.3, -0.25) is 4.79 Å². The van der Waals surface area contributed by atoms with Crippen molar-refractivity contribution in [3.05, 3.63) is 28.1 Å². The van der Waals surface area contributed by atoms with Crippen molar-refractivity contribution >= 4 is 17.1 Å². The van der Waals surface area contributed by atoms with Gasteiger partial charge in [0.25, 0.3) is 0 Å². The second-order valence-corrected chi connectivity index (χ2v) is 4.13. The molecule has 2 aromatic rings. The van der Waals surface area contributed by atoms with Gasteiger partial charge < -0.3 is 18.5 Å². The first-order valence-electron chi connectivity index (χ1n) is 5.60. The number of rotatable bonds is 1. The van der Waals surface area contributed by atoms with Crippen LogP contribution in [0.25, 0.3) is 11.2 Å². The number of ether oxygens (including phenoxy) is 1. The van der Waals surface area contributed by atoms with E-state index in [-0.39, 0.29) is 5.43 Å². The lowest BCUT2D eigenvalue weighted by Gasteiger charge is -2.26. The predicted molar refractivity (Wildman–Crippen MR) is 62.5 cm³/mol. The molecule has 0 amide bonds. The van der Waals surface area contributed by atoms with E-state index in [1.165, 1.54) is 6.07 Å². The van der Waals surface area contributed by atoms with E-state index in [2.05, 4.69) is 0 Å². The van der Waals surface area contributed by atoms with Crippen LogP contribution in [0.2, 0.25) is 0 Å². The molecule has 90 valence electrons. The SMILES string of the molecule is Cc1coc2c(=O)cc(N3CCOCC3)oc12. The summed E-state index contributed by atoms with van der Waals surface area (Å²) in [5.74, 6) is 0.593. The number of anilines is 1. The molecule has 0 spiro atoms. The summed E-state index contributed by atoms with van der Waals surface area (Å²) in [7, 11) is 0. The van der Waals surface area contributed by atoms with Crippen LogP contribution in [0.1, 0.15) is 5.56 Å². The average molecular weight is 235 g/mol. The molecule has 0 bridgehead atoms. The van der Waals surface area contributed by atoms with Crippen LogP contribution in [0.5, 0.6) is 0 Å². The molecule has 0 atom stereocenters. The highest BCUT2D eigenvalue weighted by atomic mass is 16.5. The number of aryl methyl sites for hydroxylation is 1. The number of hydrogen-bond donors (Lipinski definition) is 0. The number of furan rings is 1. The maximum absolute atomic E-state index is 11.8. The minimum atomic E-state index is -0.138. The lowest BCUT2D eigenvalue weighted by atomic mass is 10.3. The van der Waals surface area contributed by atoms with Gasteiger partial charge in [-0.05, 0) is 6.92 Å². The molecule has 3 heterocycles. The first-order valence-corrected chi connectivity index (χ1v) is 5.60. The monoisotopic (exact) mass is 235 g/mol. The number of nitrogens with zero attached hydrogens (tertiary/aromatic N) is 1. The molecular formula is C12H13NO4. The minimum Gasteiger partial charge on any atom is -0.456 e. The average Bonchev–Trinajstić information content (AvgIpc) is 2.73. The molecule has 1 saturated heterocycles. The molecule has 3 rings (SSSR count). The van der Waals surface area contributed by atoms with Crippen molar-refractivity contribution in [3.8, 4) is 0 Å². The Morgan fingerprint density at radius 2 is 2.00 bits per heavy atom. The summed E-state index contributed by atoms with van der Waals surface area (Å²) in [6.45, 7) is 4.66. The smallest absolute Gasteiger partial charge is 0.230 e. The van der Waals surface area contributed by atoms with Crippen molar-refractivity contribution in [2.24, 2.45) is 0 Å². The van der Waals surface area contributed by atoms with Gasteiger partial charge in [0, 0.05) is 18.7 Å². The Kier molecular flexibility index (Phi) is 2.40. The van der Waals surface area contributed by atoms with Gasteiger partial charge in [0.2, 0.25) is 11.0 Å². The van der Waals surface area contributed by atoms with E-state index in [4.69, 9.17) is 13.6 Å². The Labute approximate surface area is 97.6 Å². The molecule has 1 aliphatic heterocycles. The van der Waals surface area contributed by atoms with E-state index < -0.39 is 0 Å². The Hall–Kier alpha value is -1.75. The molecule has 0 unspecified atom stereocenters. The van der Waals surface area contributed by atoms with E-state index in [0.717, 1.165) is 18.7 Å². The second-order valence-electron chi connectivity index (χ2n) is 4.13. The summed E-state index contributed by atoms with van der Waals surface area (Å²) in [5.41, 5.74) is 1.53. The molecule has 0 aliphatic carbocycles. The molecule has 17 heavy (non-hydrogen) atoms. The highest BCUT2D eigenvalue weighted by Gasteiger charge is 2.17. The molecule has 1 aliphatic rings. The fourth-order valence-electron chi connectivity index (χ4n) is 1.98. The van der Waals surface area contributed by atoms with Gasteiger partial charge in [-0.2, -0.15) is 0 Å². The lowest BCUT2D eigenvalue weighted by molar-refractivity contribution is 0.121. The van der Waals surface area contributed by atoms with Gasteiger partial charge in [0.05, 0.1) is 25.5 Å². The Bertz CT molecular complexity index is 592. The third kappa shape index (κ3) is 1.72. The van der Waals surface area contributed by atoms with Crippen LogP contribution in [0, 0.1) is 6.92 Å². The van der Waals surface area contributed by atoms with Crippen molar-refractivity contribution in [1.29, 1.82) is 0 Å². The summed E-state index contributed by atoms with van der Waals surface area (Å²) < 4.78 is 16.2. The van der Waals surface area contributed by atoms with Crippen LogP contribution in [0.4, 0.5) is 5.88 Å². The highest BCUT2D eigenvalue weighted by Crippen LogP contribution is 2.23. The third-order valence-corrected chi connectivity index (χ3v) is 2.93. The molecule has 0 N–H and O–H groups in total. The summed E-state index contributed by atoms with van der Waals surface area (Å²) in [6.07, 6.45) is 1.54. The normalized spacial score (nSPS) is 16.6. The van der Waals surface area contributed by atoms with Crippen molar-refractivity contribution in [3.63, 3.8) is 0 Å². The van der Waals surface area contributed by atoms with Crippen LogP contribution >= 0.6 is 0 Å². The first-order chi connectivity index (χ1) is 8.25. The van der Waals surface area contributed by atoms with Gasteiger partial charge in [-0.25, -0.2) is 0 Å². The molecular weight excluding hydrogens is 222 g/mol. The fraction of sp³-hybridized carbons (Fsp3) is 0.417. The Morgan fingerprint density at radius 3 is 2.76 bits per heavy atom. The van der Waals surface area contributed by atoms with Crippen LogP contribution in [-0.2, 0) is 4.74 Å². The van der Waals surface area contributed by atoms with Crippen molar-refractivity contribution < 1.29 is 13.6 Å². The van der Waals surface area contributed by atoms with Crippen molar-refractivity contribution in [2.45, 2.75) is 6.92 Å². The zero-order valence-corrected chi connectivity index (χ0v) is 9.56. The predicted octanol–water partition coefficient (Wildman–Crippen LogP) is 1.53. The van der Waals surface area contributed by atoms with Crippen molar-refractivity contribution in [1.82, 2.24) is 0 Å². The van der Waals surface area contributed by atoms with E-state index in [9.17, 15) is 4.79 Å². The molecule has 5 heteroatoms. The number of fused-ring (bicyclic) bond motifs is 1. The van der Waals surface area contributed by atoms with Crippen LogP contribution in [0.3, 0.4) is 0 Å². The summed E-state index contributed by atoms with van der Waals surface area (Å²) >= 11 is 0. The van der Waals surface area contributed by atoms with E-state index >= 15 is 0 Å². The topological polar surface area (TPSA) is 55.8 Å². The maximum atomic E-state index is 11.8. The molecule has 0 aromatic carbocycles. The molecule has 2 aromatic heterocycles. The van der Waals surface area contributed by atoms with Crippen molar-refractivity contribution in [2.75, 3.05) is 31.2 Å². The van der Waals surface area contributed by atoms with E-state index in [1.54, 1.807) is 6.26 Å². The largest absolute Gasteiger partial charge is 0.456 e. The van der Waals surface area contributed by atoms with Gasteiger partial charge in [0.1, 0.15) is 0 Å². The van der Waals surface area contributed by atoms with E-state index in [0.29, 0.717) is 30.3 Å². The summed E-state index contributed by atoms with van der Waals surface area (Å²) in [6, 6.07) is 1.48. The number of hydrogen-bond acceptors (Lipinski definition) is 5. The standard InChI is InChI=1S/C12H13NO4/c1-8-7-16-12-9(14)6-10(17-11(8)12)13-2-4-15-5-3-13/h6-7H,2-5H2,1H3. The van der Waals surface area contributed by atoms with Gasteiger partial charge in [-0.15, -0.1) is 0 Å². The lowest BCUT2D eigenvalue weighted by Crippen LogP contribution is -2.36. The van der Waals surface area contributed by atoms with Crippen LogP contribution in [0.15, 0.2) is 26.0 Å². The third-order valence-electron chi connectivity index (χ3n) is 2.93. The molecule has 5 nitrogen and oxygen atoms in total. The van der Waals surface area contributed by atoms with E-state index in [1.807, 2.05) is 11.8 Å². The first kappa shape index (κ1) is 10.4. The zero-order valence-electron chi connectivity index (χ0n) is 9.56. The quantitative estimate of drug-likeness (QED) is 0.750. The summed E-state index contributed by atoms with van der Waals surface area (Å²) in [5, 5.41) is 0. The second kappa shape index (κ2) is 3.92. The van der Waals surface area contributed by atoms with Crippen LogP contribution in [-0.4, -0.2) is 26.3 Å². The highest BCUT2D eigenvalue weighted by molar-refractivity contribution is 5.75.